The lowest BCUT2D eigenvalue weighted by molar-refractivity contribution is 0.161. The van der Waals surface area contributed by atoms with E-state index in [1.54, 1.807) is 13.8 Å². The number of sulfone groups is 1. The first-order valence-corrected chi connectivity index (χ1v) is 16.7. The average Bonchev–Trinajstić information content (AvgIpc) is 2.93. The van der Waals surface area contributed by atoms with E-state index in [-0.39, 0.29) is 8.61 Å². The Morgan fingerprint density at radius 1 is 0.442 bits per heavy atom. The molecule has 0 aliphatic carbocycles. The van der Waals surface area contributed by atoms with Crippen LogP contribution in [0.25, 0.3) is 0 Å². The van der Waals surface area contributed by atoms with Gasteiger partial charge in [-0.05, 0) is 86.6 Å². The fraction of sp³-hybridized carbons (Fsp3) is 0.143. The van der Waals surface area contributed by atoms with Crippen molar-refractivity contribution >= 4 is 41.3 Å². The molecule has 0 amide bonds. The topological polar surface area (TPSA) is 109 Å². The highest BCUT2D eigenvalue weighted by Crippen LogP contribution is 2.32. The molecule has 0 bridgehead atoms. The third-order valence-corrected chi connectivity index (χ3v) is 11.6. The van der Waals surface area contributed by atoms with Gasteiger partial charge in [-0.1, -0.05) is 35.4 Å². The zero-order chi connectivity index (χ0) is 31.7. The van der Waals surface area contributed by atoms with Gasteiger partial charge in [0.25, 0.3) is 20.0 Å². The van der Waals surface area contributed by atoms with Crippen molar-refractivity contribution in [1.82, 2.24) is 0 Å². The summed E-state index contributed by atoms with van der Waals surface area (Å²) < 4.78 is 134. The van der Waals surface area contributed by atoms with Crippen LogP contribution >= 0.6 is 0 Å². The van der Waals surface area contributed by atoms with Gasteiger partial charge in [-0.15, -0.1) is 0 Å². The molecule has 0 saturated heterocycles. The Hall–Kier alpha value is -3.95. The molecule has 0 spiro atoms. The van der Waals surface area contributed by atoms with Crippen molar-refractivity contribution < 1.29 is 42.8 Å². The smallest absolute Gasteiger partial charge is 0.219 e. The van der Waals surface area contributed by atoms with Gasteiger partial charge in [-0.2, -0.15) is 17.6 Å². The van der Waals surface area contributed by atoms with Crippen LogP contribution in [0.2, 0.25) is 0 Å². The summed E-state index contributed by atoms with van der Waals surface area (Å²) in [6.07, 6.45) is 0. The van der Waals surface area contributed by atoms with Crippen LogP contribution in [0.4, 0.5) is 28.9 Å². The van der Waals surface area contributed by atoms with Crippen LogP contribution < -0.4 is 8.61 Å². The summed E-state index contributed by atoms with van der Waals surface area (Å²) in [5.41, 5.74) is 0.414. The van der Waals surface area contributed by atoms with Gasteiger partial charge in [-0.25, -0.2) is 33.9 Å². The summed E-state index contributed by atoms with van der Waals surface area (Å²) in [6.45, 7) is -3.60. The second-order valence-corrected chi connectivity index (χ2v) is 14.9. The van der Waals surface area contributed by atoms with Crippen molar-refractivity contribution in [3.8, 4) is 0 Å². The minimum absolute atomic E-state index is 0.143. The number of nitrogens with zero attached hydrogens (tertiary/aromatic N) is 2. The number of hydrogen-bond acceptors (Lipinski definition) is 6. The van der Waals surface area contributed by atoms with Crippen LogP contribution in [-0.2, 0) is 29.9 Å². The minimum atomic E-state index is -4.71. The minimum Gasteiger partial charge on any atom is -0.219 e. The molecule has 228 valence electrons. The summed E-state index contributed by atoms with van der Waals surface area (Å²) in [6, 6.07) is 17.7. The van der Waals surface area contributed by atoms with Gasteiger partial charge in [0.1, 0.15) is 0 Å². The number of anilines is 2. The molecule has 0 heterocycles. The zero-order valence-electron chi connectivity index (χ0n) is 22.5. The van der Waals surface area contributed by atoms with Crippen LogP contribution in [0.15, 0.2) is 117 Å². The van der Waals surface area contributed by atoms with Gasteiger partial charge in [-0.3, -0.25) is 0 Å². The number of halogens is 4. The van der Waals surface area contributed by atoms with E-state index >= 15 is 0 Å². The first-order valence-electron chi connectivity index (χ1n) is 12.3. The van der Waals surface area contributed by atoms with E-state index in [2.05, 4.69) is 0 Å². The van der Waals surface area contributed by atoms with Crippen LogP contribution in [0.1, 0.15) is 11.1 Å². The van der Waals surface area contributed by atoms with Gasteiger partial charge >= 0.3 is 13.1 Å². The Kier molecular flexibility index (Phi) is 8.90. The molecule has 0 aliphatic heterocycles. The fourth-order valence-corrected chi connectivity index (χ4v) is 7.93. The molecule has 0 fully saturated rings. The van der Waals surface area contributed by atoms with Crippen LogP contribution in [0.5, 0.6) is 0 Å². The first kappa shape index (κ1) is 32.0. The summed E-state index contributed by atoms with van der Waals surface area (Å²) in [5.74, 6) is 0. The van der Waals surface area contributed by atoms with Gasteiger partial charge in [0.2, 0.25) is 9.84 Å². The number of alkyl halides is 4. The van der Waals surface area contributed by atoms with Crippen LogP contribution in [0, 0.1) is 13.8 Å². The molecule has 4 aromatic carbocycles. The normalized spacial score (nSPS) is 12.5. The number of rotatable bonds is 10. The third-order valence-electron chi connectivity index (χ3n) is 6.31. The lowest BCUT2D eigenvalue weighted by Gasteiger charge is -2.24. The predicted molar refractivity (Wildman–Crippen MR) is 152 cm³/mol. The van der Waals surface area contributed by atoms with Gasteiger partial charge in [0, 0.05) is 0 Å². The van der Waals surface area contributed by atoms with Crippen molar-refractivity contribution in [3.63, 3.8) is 0 Å². The summed E-state index contributed by atoms with van der Waals surface area (Å²) in [5, 5.41) is 0. The molecule has 8 nitrogen and oxygen atoms in total. The van der Waals surface area contributed by atoms with Crippen molar-refractivity contribution in [3.05, 3.63) is 108 Å². The monoisotopic (exact) mass is 656 g/mol. The Labute approximate surface area is 246 Å². The Bertz CT molecular complexity index is 1780. The average molecular weight is 657 g/mol. The quantitative estimate of drug-likeness (QED) is 0.154. The molecular formula is C28H24F4N2O6S3. The maximum atomic E-state index is 13.9. The van der Waals surface area contributed by atoms with E-state index in [1.165, 1.54) is 48.5 Å². The molecule has 4 aromatic rings. The molecule has 0 radical (unpaired) electrons. The third kappa shape index (κ3) is 6.38. The molecule has 0 aromatic heterocycles. The van der Waals surface area contributed by atoms with E-state index in [0.717, 1.165) is 48.5 Å². The van der Waals surface area contributed by atoms with Crippen LogP contribution in [0.3, 0.4) is 0 Å². The molecule has 43 heavy (non-hydrogen) atoms. The number of benzene rings is 4. The number of aryl methyl sites for hydroxylation is 2. The van der Waals surface area contributed by atoms with E-state index in [4.69, 9.17) is 0 Å². The summed E-state index contributed by atoms with van der Waals surface area (Å²) in [7, 11) is -13.8. The molecule has 0 N–H and O–H groups in total. The number of hydrogen-bond donors (Lipinski definition) is 0. The Morgan fingerprint density at radius 3 is 0.953 bits per heavy atom. The molecule has 0 atom stereocenters. The van der Waals surface area contributed by atoms with Gasteiger partial charge < -0.3 is 0 Å². The van der Waals surface area contributed by atoms with Crippen molar-refractivity contribution in [2.24, 2.45) is 0 Å². The standard InChI is InChI=1S/C28H24F4N2O6S3/c1-19-3-11-25(12-4-19)42(37,38)33(27(29)30)21-7-15-23(16-8-21)41(35,36)24-17-9-22(10-18-24)34(28(31)32)43(39,40)26-13-5-20(2)6-14-26/h3-18,27-28H,1-2H3. The van der Waals surface area contributed by atoms with Gasteiger partial charge in [0.05, 0.1) is 31.0 Å². The molecule has 4 rings (SSSR count). The number of sulfonamides is 2. The second-order valence-electron chi connectivity index (χ2n) is 9.27. The lowest BCUT2D eigenvalue weighted by atomic mass is 10.2. The largest absolute Gasteiger partial charge is 0.328 e. The maximum Gasteiger partial charge on any atom is 0.328 e. The zero-order valence-corrected chi connectivity index (χ0v) is 24.9. The van der Waals surface area contributed by atoms with Crippen molar-refractivity contribution in [1.29, 1.82) is 0 Å². The lowest BCUT2D eigenvalue weighted by Crippen LogP contribution is -2.35. The SMILES string of the molecule is Cc1ccc(S(=O)(=O)N(c2ccc(S(=O)(=O)c3ccc(N(C(F)F)S(=O)(=O)c4ccc(C)cc4)cc3)cc2)C(F)F)cc1. The molecule has 0 unspecified atom stereocenters. The van der Waals surface area contributed by atoms with E-state index < -0.39 is 73.9 Å². The second kappa shape index (κ2) is 12.0. The molecule has 0 aliphatic rings. The summed E-state index contributed by atoms with van der Waals surface area (Å²) in [4.78, 5) is -1.61. The Morgan fingerprint density at radius 2 is 0.698 bits per heavy atom. The highest BCUT2D eigenvalue weighted by atomic mass is 32.2. The van der Waals surface area contributed by atoms with Gasteiger partial charge in [0.15, 0.2) is 0 Å². The highest BCUT2D eigenvalue weighted by Gasteiger charge is 2.34. The van der Waals surface area contributed by atoms with Crippen LogP contribution in [-0.4, -0.2) is 38.4 Å². The first-order chi connectivity index (χ1) is 20.1. The highest BCUT2D eigenvalue weighted by molar-refractivity contribution is 7.93. The Balaban J connectivity index is 1.64. The maximum absolute atomic E-state index is 13.9. The van der Waals surface area contributed by atoms with E-state index in [1.807, 2.05) is 0 Å². The predicted octanol–water partition coefficient (Wildman–Crippen LogP) is 5.97. The van der Waals surface area contributed by atoms with E-state index in [0.29, 0.717) is 11.1 Å². The molecule has 0 saturated carbocycles. The molecule has 15 heteroatoms. The fourth-order valence-electron chi connectivity index (χ4n) is 4.04. The van der Waals surface area contributed by atoms with Crippen molar-refractivity contribution in [2.75, 3.05) is 8.61 Å². The molecular weight excluding hydrogens is 633 g/mol. The van der Waals surface area contributed by atoms with E-state index in [9.17, 15) is 42.8 Å². The van der Waals surface area contributed by atoms with Crippen molar-refractivity contribution in [2.45, 2.75) is 46.5 Å². The summed E-state index contributed by atoms with van der Waals surface area (Å²) >= 11 is 0.